The van der Waals surface area contributed by atoms with Crippen LogP contribution in [-0.2, 0) is 15.1 Å². The molecule has 1 aliphatic rings. The molecule has 0 radical (unpaired) electrons. The van der Waals surface area contributed by atoms with Crippen LogP contribution in [0.2, 0.25) is 0 Å². The number of unbranched alkanes of at least 4 members (excludes halogenated alkanes) is 1. The molecule has 0 saturated carbocycles. The predicted octanol–water partition coefficient (Wildman–Crippen LogP) is 4.74. The molecule has 0 unspecified atom stereocenters. The molecule has 2 aromatic carbocycles. The fraction of sp³-hybridized carbons (Fsp3) is 0.480. The average molecular weight is 412 g/mol. The number of carbonyl (C=O) groups is 1. The van der Waals surface area contributed by atoms with E-state index in [1.54, 1.807) is 14.0 Å². The molecule has 5 heteroatoms. The Hall–Kier alpha value is -2.37. The van der Waals surface area contributed by atoms with Gasteiger partial charge in [0.05, 0.1) is 5.60 Å². The number of aliphatic hydroxyl groups is 1. The number of carbonyl (C=O) groups excluding carboxylic acids is 1. The Bertz CT molecular complexity index is 810. The number of benzene rings is 2. The molecule has 0 aromatic heterocycles. The molecule has 1 saturated heterocycles. The molecular formula is C25H33NO4. The highest BCUT2D eigenvalue weighted by atomic mass is 16.5. The first-order chi connectivity index (χ1) is 14.5. The van der Waals surface area contributed by atoms with E-state index < -0.39 is 5.60 Å². The molecule has 30 heavy (non-hydrogen) atoms. The molecule has 2 aromatic rings. The lowest BCUT2D eigenvalue weighted by atomic mass is 9.73. The van der Waals surface area contributed by atoms with E-state index in [1.807, 2.05) is 59.5 Å². The maximum absolute atomic E-state index is 12.1. The van der Waals surface area contributed by atoms with Crippen molar-refractivity contribution in [2.75, 3.05) is 26.8 Å². The Labute approximate surface area is 179 Å². The molecule has 0 spiro atoms. The summed E-state index contributed by atoms with van der Waals surface area (Å²) in [7, 11) is 1.70. The summed E-state index contributed by atoms with van der Waals surface area (Å²) in [5, 5.41) is 12.1. The van der Waals surface area contributed by atoms with Gasteiger partial charge in [0.15, 0.2) is 0 Å². The van der Waals surface area contributed by atoms with Crippen LogP contribution >= 0.6 is 0 Å². The minimum Gasteiger partial charge on any atom is -0.457 e. The van der Waals surface area contributed by atoms with Gasteiger partial charge in [-0.25, -0.2) is 0 Å². The normalized spacial score (nSPS) is 18.6. The summed E-state index contributed by atoms with van der Waals surface area (Å²) in [6.07, 6.45) is 4.09. The molecule has 1 heterocycles. The van der Waals surface area contributed by atoms with E-state index in [1.165, 1.54) is 0 Å². The van der Waals surface area contributed by atoms with Gasteiger partial charge in [-0.05, 0) is 50.3 Å². The number of likely N-dealkylation sites (tertiary alicyclic amines) is 1. The number of hydrogen-bond donors (Lipinski definition) is 1. The van der Waals surface area contributed by atoms with Crippen molar-refractivity contribution in [2.24, 2.45) is 5.92 Å². The van der Waals surface area contributed by atoms with Gasteiger partial charge < -0.3 is 19.5 Å². The summed E-state index contributed by atoms with van der Waals surface area (Å²) >= 11 is 0. The fourth-order valence-corrected chi connectivity index (χ4v) is 4.38. The van der Waals surface area contributed by atoms with Crippen LogP contribution in [0.5, 0.6) is 11.5 Å². The summed E-state index contributed by atoms with van der Waals surface area (Å²) in [4.78, 5) is 13.9. The number of hydrogen-bond acceptors (Lipinski definition) is 4. The van der Waals surface area contributed by atoms with Crippen LogP contribution in [0.1, 0.15) is 44.6 Å². The van der Waals surface area contributed by atoms with Gasteiger partial charge in [0.1, 0.15) is 11.5 Å². The molecule has 5 nitrogen and oxygen atoms in total. The van der Waals surface area contributed by atoms with Gasteiger partial charge >= 0.3 is 0 Å². The second kappa shape index (κ2) is 10.6. The van der Waals surface area contributed by atoms with E-state index >= 15 is 0 Å². The lowest BCUT2D eigenvalue weighted by Crippen LogP contribution is -2.47. The first kappa shape index (κ1) is 22.3. The van der Waals surface area contributed by atoms with Crippen LogP contribution in [0.15, 0.2) is 54.6 Å². The largest absolute Gasteiger partial charge is 0.457 e. The van der Waals surface area contributed by atoms with Gasteiger partial charge in [-0.15, -0.1) is 0 Å². The Morgan fingerprint density at radius 2 is 1.87 bits per heavy atom. The zero-order valence-electron chi connectivity index (χ0n) is 18.0. The number of amides is 1. The zero-order valence-corrected chi connectivity index (χ0v) is 18.0. The summed E-state index contributed by atoms with van der Waals surface area (Å²) < 4.78 is 11.4. The molecular weight excluding hydrogens is 378 g/mol. The second-order valence-corrected chi connectivity index (χ2v) is 8.09. The van der Waals surface area contributed by atoms with Crippen molar-refractivity contribution in [1.82, 2.24) is 4.90 Å². The van der Waals surface area contributed by atoms with Gasteiger partial charge in [-0.1, -0.05) is 36.4 Å². The van der Waals surface area contributed by atoms with E-state index in [-0.39, 0.29) is 11.8 Å². The third kappa shape index (κ3) is 5.41. The number of rotatable bonds is 9. The van der Waals surface area contributed by atoms with Crippen molar-refractivity contribution < 1.29 is 19.4 Å². The number of nitrogens with zero attached hydrogens (tertiary/aromatic N) is 1. The summed E-state index contributed by atoms with van der Waals surface area (Å²) in [6.45, 7) is 3.60. The van der Waals surface area contributed by atoms with Gasteiger partial charge in [0.2, 0.25) is 5.91 Å². The minimum absolute atomic E-state index is 0.0433. The van der Waals surface area contributed by atoms with Gasteiger partial charge in [-0.3, -0.25) is 4.79 Å². The Kier molecular flexibility index (Phi) is 7.88. The molecule has 1 aliphatic heterocycles. The monoisotopic (exact) mass is 411 g/mol. The van der Waals surface area contributed by atoms with Gasteiger partial charge in [-0.2, -0.15) is 0 Å². The zero-order chi connectivity index (χ0) is 21.4. The highest BCUT2D eigenvalue weighted by Crippen LogP contribution is 2.44. The van der Waals surface area contributed by atoms with Crippen molar-refractivity contribution >= 4 is 5.91 Å². The highest BCUT2D eigenvalue weighted by molar-refractivity contribution is 5.73. The first-order valence-corrected chi connectivity index (χ1v) is 10.8. The number of para-hydroxylation sites is 2. The number of piperidine rings is 1. The van der Waals surface area contributed by atoms with Crippen LogP contribution in [0.4, 0.5) is 0 Å². The van der Waals surface area contributed by atoms with Crippen molar-refractivity contribution in [3.63, 3.8) is 0 Å². The Morgan fingerprint density at radius 1 is 1.13 bits per heavy atom. The standard InChI is InChI=1S/C25H33NO4/c1-20(27)26-17-10-11-21(19-26)25(28,16-8-9-18-29-2)23-14-6-7-15-24(23)30-22-12-4-3-5-13-22/h3-7,12-15,21,28H,8-11,16-19H2,1-2H3/t21-,25+/m1/s1. The maximum Gasteiger partial charge on any atom is 0.219 e. The summed E-state index contributed by atoms with van der Waals surface area (Å²) in [5.74, 6) is 1.42. The van der Waals surface area contributed by atoms with E-state index in [0.717, 1.165) is 43.5 Å². The third-order valence-electron chi connectivity index (χ3n) is 6.02. The van der Waals surface area contributed by atoms with E-state index in [2.05, 4.69) is 0 Å². The second-order valence-electron chi connectivity index (χ2n) is 8.09. The maximum atomic E-state index is 12.1. The fourth-order valence-electron chi connectivity index (χ4n) is 4.38. The SMILES string of the molecule is COCCCC[C@@](O)(c1ccccc1Oc1ccccc1)[C@@H]1CCCN(C(C)=O)C1. The molecule has 0 aliphatic carbocycles. The number of methoxy groups -OCH3 is 1. The Morgan fingerprint density at radius 3 is 2.60 bits per heavy atom. The highest BCUT2D eigenvalue weighted by Gasteiger charge is 2.42. The first-order valence-electron chi connectivity index (χ1n) is 10.8. The van der Waals surface area contributed by atoms with E-state index in [4.69, 9.17) is 9.47 Å². The topological polar surface area (TPSA) is 59.0 Å². The van der Waals surface area contributed by atoms with E-state index in [0.29, 0.717) is 25.3 Å². The lowest BCUT2D eigenvalue weighted by Gasteiger charge is -2.43. The minimum atomic E-state index is -1.08. The molecule has 3 rings (SSSR count). The predicted molar refractivity (Wildman–Crippen MR) is 118 cm³/mol. The van der Waals surface area contributed by atoms with Crippen LogP contribution < -0.4 is 4.74 Å². The Balaban J connectivity index is 1.92. The summed E-state index contributed by atoms with van der Waals surface area (Å²) in [6, 6.07) is 17.4. The molecule has 2 atom stereocenters. The molecule has 1 fully saturated rings. The van der Waals surface area contributed by atoms with Gasteiger partial charge in [0.25, 0.3) is 0 Å². The quantitative estimate of drug-likeness (QED) is 0.606. The van der Waals surface area contributed by atoms with E-state index in [9.17, 15) is 9.90 Å². The van der Waals surface area contributed by atoms with Crippen molar-refractivity contribution in [3.05, 3.63) is 60.2 Å². The van der Waals surface area contributed by atoms with Crippen LogP contribution in [0, 0.1) is 5.92 Å². The average Bonchev–Trinajstić information content (AvgIpc) is 2.78. The molecule has 1 amide bonds. The lowest BCUT2D eigenvalue weighted by molar-refractivity contribution is -0.134. The molecule has 162 valence electrons. The van der Waals surface area contributed by atoms with Crippen LogP contribution in [0.3, 0.4) is 0 Å². The van der Waals surface area contributed by atoms with Crippen LogP contribution in [-0.4, -0.2) is 42.7 Å². The summed E-state index contributed by atoms with van der Waals surface area (Å²) in [5.41, 5.74) is -0.283. The third-order valence-corrected chi connectivity index (χ3v) is 6.02. The van der Waals surface area contributed by atoms with Crippen molar-refractivity contribution in [2.45, 2.75) is 44.6 Å². The smallest absolute Gasteiger partial charge is 0.219 e. The van der Waals surface area contributed by atoms with Gasteiger partial charge in [0, 0.05) is 45.2 Å². The molecule has 0 bridgehead atoms. The van der Waals surface area contributed by atoms with Crippen molar-refractivity contribution in [1.29, 1.82) is 0 Å². The number of ether oxygens (including phenoxy) is 2. The van der Waals surface area contributed by atoms with Crippen LogP contribution in [0.25, 0.3) is 0 Å². The van der Waals surface area contributed by atoms with Crippen molar-refractivity contribution in [3.8, 4) is 11.5 Å². The molecule has 1 N–H and O–H groups in total.